The van der Waals surface area contributed by atoms with Crippen molar-refractivity contribution in [2.45, 2.75) is 20.8 Å². The van der Waals surface area contributed by atoms with Crippen molar-refractivity contribution in [2.75, 3.05) is 19.0 Å². The Labute approximate surface area is 149 Å². The van der Waals surface area contributed by atoms with Gasteiger partial charge in [0.1, 0.15) is 10.8 Å². The van der Waals surface area contributed by atoms with Crippen LogP contribution in [0.15, 0.2) is 18.2 Å². The van der Waals surface area contributed by atoms with Gasteiger partial charge in [0.25, 0.3) is 5.91 Å². The molecule has 1 aromatic carbocycles. The van der Waals surface area contributed by atoms with Gasteiger partial charge in [-0.1, -0.05) is 11.6 Å². The number of hydrogen-bond donors (Lipinski definition) is 1. The van der Waals surface area contributed by atoms with Crippen molar-refractivity contribution in [3.63, 3.8) is 0 Å². The molecule has 0 aliphatic heterocycles. The number of nitrogens with one attached hydrogen (secondary N) is 1. The minimum atomic E-state index is -0.471. The van der Waals surface area contributed by atoms with Crippen LogP contribution in [-0.4, -0.2) is 25.6 Å². The molecule has 0 fully saturated rings. The third-order valence-electron chi connectivity index (χ3n) is 3.52. The minimum absolute atomic E-state index is 0.168. The average Bonchev–Trinajstić information content (AvgIpc) is 2.80. The second-order valence-electron chi connectivity index (χ2n) is 5.23. The monoisotopic (exact) mass is 367 g/mol. The van der Waals surface area contributed by atoms with Gasteiger partial charge >= 0.3 is 5.97 Å². The summed E-state index contributed by atoms with van der Waals surface area (Å²) in [5.74, 6) is -0.237. The zero-order chi connectivity index (χ0) is 17.9. The summed E-state index contributed by atoms with van der Waals surface area (Å²) in [6.45, 7) is 5.39. The lowest BCUT2D eigenvalue weighted by Gasteiger charge is -2.10. The van der Waals surface area contributed by atoms with Gasteiger partial charge in [-0.25, -0.2) is 4.79 Å². The molecule has 1 amide bonds. The molecule has 0 saturated heterocycles. The molecular formula is C17H18ClNO4S. The van der Waals surface area contributed by atoms with E-state index in [4.69, 9.17) is 21.1 Å². The maximum atomic E-state index is 12.1. The smallest absolute Gasteiger partial charge is 0.341 e. The first-order chi connectivity index (χ1) is 11.3. The molecular weight excluding hydrogens is 350 g/mol. The van der Waals surface area contributed by atoms with E-state index in [2.05, 4.69) is 5.32 Å². The maximum absolute atomic E-state index is 12.1. The van der Waals surface area contributed by atoms with E-state index in [-0.39, 0.29) is 12.5 Å². The molecule has 2 rings (SSSR count). The van der Waals surface area contributed by atoms with Gasteiger partial charge in [0.05, 0.1) is 12.7 Å². The summed E-state index contributed by atoms with van der Waals surface area (Å²) in [6.07, 6.45) is 0. The summed E-state index contributed by atoms with van der Waals surface area (Å²) < 4.78 is 10.3. The van der Waals surface area contributed by atoms with E-state index < -0.39 is 5.97 Å². The van der Waals surface area contributed by atoms with E-state index in [9.17, 15) is 9.59 Å². The van der Waals surface area contributed by atoms with Gasteiger partial charge in [0.15, 0.2) is 6.61 Å². The SMILES string of the molecule is COC(=O)c1c(NC(=O)COc2ccc(Cl)cc2C)sc(C)c1C. The molecule has 5 nitrogen and oxygen atoms in total. The summed E-state index contributed by atoms with van der Waals surface area (Å²) in [7, 11) is 1.31. The van der Waals surface area contributed by atoms with Crippen LogP contribution in [0, 0.1) is 20.8 Å². The molecule has 1 N–H and O–H groups in total. The minimum Gasteiger partial charge on any atom is -0.483 e. The average molecular weight is 368 g/mol. The third kappa shape index (κ3) is 4.07. The Bertz CT molecular complexity index is 785. The Morgan fingerprint density at radius 3 is 2.58 bits per heavy atom. The molecule has 128 valence electrons. The first-order valence-corrected chi connectivity index (χ1v) is 8.40. The fourth-order valence-electron chi connectivity index (χ4n) is 2.14. The van der Waals surface area contributed by atoms with Crippen molar-refractivity contribution in [3.8, 4) is 5.75 Å². The highest BCUT2D eigenvalue weighted by Crippen LogP contribution is 2.33. The number of methoxy groups -OCH3 is 1. The number of thiophene rings is 1. The molecule has 7 heteroatoms. The second-order valence-corrected chi connectivity index (χ2v) is 6.89. The van der Waals surface area contributed by atoms with Crippen LogP contribution >= 0.6 is 22.9 Å². The van der Waals surface area contributed by atoms with Crippen LogP contribution in [-0.2, 0) is 9.53 Å². The number of aryl methyl sites for hydroxylation is 2. The van der Waals surface area contributed by atoms with Crippen LogP contribution in [0.2, 0.25) is 5.02 Å². The van der Waals surface area contributed by atoms with Crippen LogP contribution in [0.25, 0.3) is 0 Å². The van der Waals surface area contributed by atoms with Crippen LogP contribution in [0.4, 0.5) is 5.00 Å². The number of amides is 1. The largest absolute Gasteiger partial charge is 0.483 e. The van der Waals surface area contributed by atoms with Gasteiger partial charge in [-0.2, -0.15) is 0 Å². The van der Waals surface area contributed by atoms with Crippen LogP contribution in [0.5, 0.6) is 5.75 Å². The summed E-state index contributed by atoms with van der Waals surface area (Å²) in [6, 6.07) is 5.17. The highest BCUT2D eigenvalue weighted by Gasteiger charge is 2.21. The third-order valence-corrected chi connectivity index (χ3v) is 4.88. The number of benzene rings is 1. The van der Waals surface area contributed by atoms with Gasteiger partial charge in [0, 0.05) is 9.90 Å². The summed E-state index contributed by atoms with van der Waals surface area (Å²) in [5, 5.41) is 3.79. The highest BCUT2D eigenvalue weighted by atomic mass is 35.5. The number of rotatable bonds is 5. The molecule has 0 radical (unpaired) electrons. The number of carbonyl (C=O) groups excluding carboxylic acids is 2. The highest BCUT2D eigenvalue weighted by molar-refractivity contribution is 7.16. The van der Waals surface area contributed by atoms with Gasteiger partial charge in [0.2, 0.25) is 0 Å². The van der Waals surface area contributed by atoms with Crippen molar-refractivity contribution >= 4 is 39.8 Å². The zero-order valence-corrected chi connectivity index (χ0v) is 15.4. The normalized spacial score (nSPS) is 10.4. The fraction of sp³-hybridized carbons (Fsp3) is 0.294. The topological polar surface area (TPSA) is 64.6 Å². The van der Waals surface area contributed by atoms with E-state index in [1.807, 2.05) is 20.8 Å². The molecule has 1 heterocycles. The number of esters is 1. The molecule has 2 aromatic rings. The van der Waals surface area contributed by atoms with E-state index in [0.717, 1.165) is 16.0 Å². The van der Waals surface area contributed by atoms with Crippen molar-refractivity contribution < 1.29 is 19.1 Å². The number of carbonyl (C=O) groups is 2. The van der Waals surface area contributed by atoms with E-state index >= 15 is 0 Å². The van der Waals surface area contributed by atoms with Crippen LogP contribution < -0.4 is 10.1 Å². The quantitative estimate of drug-likeness (QED) is 0.807. The lowest BCUT2D eigenvalue weighted by atomic mass is 10.1. The van der Waals surface area contributed by atoms with Crippen LogP contribution in [0.3, 0.4) is 0 Å². The summed E-state index contributed by atoms with van der Waals surface area (Å²) in [5.41, 5.74) is 2.03. The lowest BCUT2D eigenvalue weighted by molar-refractivity contribution is -0.118. The van der Waals surface area contributed by atoms with Crippen LogP contribution in [0.1, 0.15) is 26.4 Å². The molecule has 24 heavy (non-hydrogen) atoms. The lowest BCUT2D eigenvalue weighted by Crippen LogP contribution is -2.21. The number of hydrogen-bond acceptors (Lipinski definition) is 5. The predicted molar refractivity (Wildman–Crippen MR) is 95.4 cm³/mol. The van der Waals surface area contributed by atoms with Gasteiger partial charge in [-0.15, -0.1) is 11.3 Å². The van der Waals surface area contributed by atoms with Crippen molar-refractivity contribution in [2.24, 2.45) is 0 Å². The Kier molecular flexibility index (Phi) is 5.85. The standard InChI is InChI=1S/C17H18ClNO4S/c1-9-7-12(18)5-6-13(9)23-8-14(20)19-16-15(17(21)22-4)10(2)11(3)24-16/h5-7H,8H2,1-4H3,(H,19,20). The number of ether oxygens (including phenoxy) is 2. The van der Waals surface area contributed by atoms with E-state index in [1.165, 1.54) is 18.4 Å². The molecule has 0 bridgehead atoms. The fourth-order valence-corrected chi connectivity index (χ4v) is 3.43. The Hall–Kier alpha value is -2.05. The molecule has 0 saturated carbocycles. The zero-order valence-electron chi connectivity index (χ0n) is 13.9. The Morgan fingerprint density at radius 2 is 1.96 bits per heavy atom. The molecule has 0 atom stereocenters. The molecule has 0 spiro atoms. The Morgan fingerprint density at radius 1 is 1.25 bits per heavy atom. The summed E-state index contributed by atoms with van der Waals surface area (Å²) >= 11 is 7.22. The molecule has 1 aromatic heterocycles. The molecule has 0 unspecified atom stereocenters. The van der Waals surface area contributed by atoms with Gasteiger partial charge in [-0.05, 0) is 50.1 Å². The Balaban J connectivity index is 2.07. The van der Waals surface area contributed by atoms with Crippen molar-refractivity contribution in [3.05, 3.63) is 44.8 Å². The second kappa shape index (κ2) is 7.68. The van der Waals surface area contributed by atoms with Gasteiger partial charge in [-0.3, -0.25) is 4.79 Å². The number of halogens is 1. The predicted octanol–water partition coefficient (Wildman–Crippen LogP) is 4.13. The summed E-state index contributed by atoms with van der Waals surface area (Å²) in [4.78, 5) is 25.0. The van der Waals surface area contributed by atoms with Crippen molar-refractivity contribution in [1.82, 2.24) is 0 Å². The number of anilines is 1. The first kappa shape index (κ1) is 18.3. The van der Waals surface area contributed by atoms with Crippen molar-refractivity contribution in [1.29, 1.82) is 0 Å². The maximum Gasteiger partial charge on any atom is 0.341 e. The first-order valence-electron chi connectivity index (χ1n) is 7.20. The molecule has 0 aliphatic carbocycles. The van der Waals surface area contributed by atoms with E-state index in [1.54, 1.807) is 18.2 Å². The van der Waals surface area contributed by atoms with E-state index in [0.29, 0.717) is 21.3 Å². The van der Waals surface area contributed by atoms with Gasteiger partial charge < -0.3 is 14.8 Å². The molecule has 0 aliphatic rings.